The highest BCUT2D eigenvalue weighted by molar-refractivity contribution is 6.00. The van der Waals surface area contributed by atoms with E-state index in [1.54, 1.807) is 6.07 Å². The van der Waals surface area contributed by atoms with Crippen molar-refractivity contribution in [3.8, 4) is 28.7 Å². The van der Waals surface area contributed by atoms with E-state index >= 15 is 0 Å². The van der Waals surface area contributed by atoms with Gasteiger partial charge in [-0.05, 0) is 44.2 Å². The molecule has 1 aliphatic heterocycles. The number of para-hydroxylation sites is 2. The topological polar surface area (TPSA) is 94.5 Å². The smallest absolute Gasteiger partial charge is 0.338 e. The van der Waals surface area contributed by atoms with Crippen LogP contribution in [0.3, 0.4) is 0 Å². The lowest BCUT2D eigenvalue weighted by molar-refractivity contribution is 0.0473. The van der Waals surface area contributed by atoms with Crippen LogP contribution in [0.4, 0.5) is 0 Å². The molecule has 0 radical (unpaired) electrons. The third kappa shape index (κ3) is 4.95. The maximum Gasteiger partial charge on any atom is 0.338 e. The SMILES string of the molecule is COc1cc(C(=O)OCC(=O)c2cc(C)n(CC3COc4ccccc4O3)c2C)cc(OC)c1OC. The van der Waals surface area contributed by atoms with Crippen molar-refractivity contribution in [2.45, 2.75) is 26.5 Å². The number of aromatic nitrogens is 1. The van der Waals surface area contributed by atoms with Crippen molar-refractivity contribution >= 4 is 11.8 Å². The van der Waals surface area contributed by atoms with Gasteiger partial charge in [0.2, 0.25) is 11.5 Å². The van der Waals surface area contributed by atoms with Crippen molar-refractivity contribution in [2.24, 2.45) is 0 Å². The van der Waals surface area contributed by atoms with Crippen LogP contribution in [-0.4, -0.2) is 57.0 Å². The Bertz CT molecular complexity index is 1250. The normalized spacial score (nSPS) is 14.2. The van der Waals surface area contributed by atoms with E-state index in [0.717, 1.165) is 17.1 Å². The molecule has 0 saturated carbocycles. The Morgan fingerprint density at radius 3 is 2.28 bits per heavy atom. The number of benzene rings is 2. The number of nitrogens with zero attached hydrogens (tertiary/aromatic N) is 1. The second-order valence-electron chi connectivity index (χ2n) is 8.31. The highest BCUT2D eigenvalue weighted by Gasteiger charge is 2.25. The van der Waals surface area contributed by atoms with Gasteiger partial charge in [0.25, 0.3) is 0 Å². The molecule has 1 aromatic heterocycles. The van der Waals surface area contributed by atoms with Crippen LogP contribution in [-0.2, 0) is 11.3 Å². The molecule has 1 aliphatic rings. The summed E-state index contributed by atoms with van der Waals surface area (Å²) < 4.78 is 35.0. The molecule has 0 amide bonds. The molecule has 36 heavy (non-hydrogen) atoms. The number of hydrogen-bond donors (Lipinski definition) is 0. The van der Waals surface area contributed by atoms with Crippen molar-refractivity contribution < 1.29 is 38.0 Å². The van der Waals surface area contributed by atoms with Gasteiger partial charge in [0, 0.05) is 17.0 Å². The Kier molecular flexibility index (Phi) is 7.38. The molecule has 4 rings (SSSR count). The summed E-state index contributed by atoms with van der Waals surface area (Å²) in [6.07, 6.45) is -0.203. The van der Waals surface area contributed by atoms with Crippen LogP contribution in [0.2, 0.25) is 0 Å². The van der Waals surface area contributed by atoms with Gasteiger partial charge in [-0.25, -0.2) is 4.79 Å². The monoisotopic (exact) mass is 495 g/mol. The molecule has 2 heterocycles. The van der Waals surface area contributed by atoms with E-state index in [9.17, 15) is 9.59 Å². The van der Waals surface area contributed by atoms with E-state index in [4.69, 9.17) is 28.4 Å². The third-order valence-corrected chi connectivity index (χ3v) is 6.06. The lowest BCUT2D eigenvalue weighted by Crippen LogP contribution is -2.33. The van der Waals surface area contributed by atoms with Gasteiger partial charge in [0.15, 0.2) is 35.7 Å². The van der Waals surface area contributed by atoms with E-state index in [-0.39, 0.29) is 17.5 Å². The molecule has 0 aliphatic carbocycles. The first-order chi connectivity index (χ1) is 17.4. The molecular weight excluding hydrogens is 466 g/mol. The summed E-state index contributed by atoms with van der Waals surface area (Å²) in [7, 11) is 4.38. The van der Waals surface area contributed by atoms with Gasteiger partial charge in [-0.2, -0.15) is 0 Å². The maximum absolute atomic E-state index is 13.0. The molecule has 190 valence electrons. The molecule has 0 saturated heterocycles. The van der Waals surface area contributed by atoms with E-state index in [0.29, 0.717) is 41.7 Å². The zero-order valence-electron chi connectivity index (χ0n) is 21.0. The number of hydrogen-bond acceptors (Lipinski definition) is 8. The molecular formula is C27H29NO8. The molecule has 3 aromatic rings. The number of carbonyl (C=O) groups excluding carboxylic acids is 2. The molecule has 1 unspecified atom stereocenters. The Morgan fingerprint density at radius 1 is 0.972 bits per heavy atom. The fraction of sp³-hybridized carbons (Fsp3) is 0.333. The molecule has 0 fully saturated rings. The predicted molar refractivity (Wildman–Crippen MR) is 131 cm³/mol. The van der Waals surface area contributed by atoms with Crippen LogP contribution < -0.4 is 23.7 Å². The molecule has 9 nitrogen and oxygen atoms in total. The number of Topliss-reactive ketones (excluding diaryl/α,β-unsaturated/α-hetero) is 1. The number of aryl methyl sites for hydroxylation is 1. The van der Waals surface area contributed by atoms with Gasteiger partial charge in [-0.15, -0.1) is 0 Å². The average Bonchev–Trinajstić information content (AvgIpc) is 3.18. The fourth-order valence-corrected chi connectivity index (χ4v) is 4.21. The summed E-state index contributed by atoms with van der Waals surface area (Å²) >= 11 is 0. The Morgan fingerprint density at radius 2 is 1.64 bits per heavy atom. The van der Waals surface area contributed by atoms with Gasteiger partial charge in [0.1, 0.15) is 6.61 Å². The first-order valence-electron chi connectivity index (χ1n) is 11.4. The first kappa shape index (κ1) is 25.0. The summed E-state index contributed by atoms with van der Waals surface area (Å²) in [4.78, 5) is 25.6. The van der Waals surface area contributed by atoms with E-state index in [2.05, 4.69) is 0 Å². The number of fused-ring (bicyclic) bond motifs is 1. The number of esters is 1. The number of ketones is 1. The Balaban J connectivity index is 1.43. The third-order valence-electron chi connectivity index (χ3n) is 6.06. The number of methoxy groups -OCH3 is 3. The van der Waals surface area contributed by atoms with Crippen molar-refractivity contribution in [2.75, 3.05) is 34.5 Å². The Labute approximate surface area is 209 Å². The predicted octanol–water partition coefficient (Wildman–Crippen LogP) is 4.01. The molecule has 0 spiro atoms. The van der Waals surface area contributed by atoms with Crippen LogP contribution in [0.15, 0.2) is 42.5 Å². The van der Waals surface area contributed by atoms with Crippen LogP contribution in [0.1, 0.15) is 32.1 Å². The molecule has 0 N–H and O–H groups in total. The van der Waals surface area contributed by atoms with Crippen LogP contribution in [0.5, 0.6) is 28.7 Å². The Hall–Kier alpha value is -4.14. The highest BCUT2D eigenvalue weighted by atomic mass is 16.6. The quantitative estimate of drug-likeness (QED) is 0.325. The summed E-state index contributed by atoms with van der Waals surface area (Å²) in [6, 6.07) is 12.3. The fourth-order valence-electron chi connectivity index (χ4n) is 4.21. The van der Waals surface area contributed by atoms with Crippen molar-refractivity contribution in [3.05, 3.63) is 65.0 Å². The van der Waals surface area contributed by atoms with Crippen molar-refractivity contribution in [1.82, 2.24) is 4.57 Å². The number of carbonyl (C=O) groups is 2. The van der Waals surface area contributed by atoms with Gasteiger partial charge < -0.3 is 33.0 Å². The zero-order valence-corrected chi connectivity index (χ0v) is 21.0. The lowest BCUT2D eigenvalue weighted by atomic mass is 10.1. The number of rotatable bonds is 9. The summed E-state index contributed by atoms with van der Waals surface area (Å²) in [5, 5.41) is 0. The van der Waals surface area contributed by atoms with Gasteiger partial charge in [-0.1, -0.05) is 12.1 Å². The molecule has 0 bridgehead atoms. The lowest BCUT2D eigenvalue weighted by Gasteiger charge is -2.27. The minimum absolute atomic E-state index is 0.178. The second-order valence-corrected chi connectivity index (χ2v) is 8.31. The molecule has 2 aromatic carbocycles. The molecule has 9 heteroatoms. The standard InChI is InChI=1S/C27H29NO8/c1-16-10-20(17(2)28(16)13-19-14-34-22-8-6-7-9-23(22)36-19)21(29)15-35-27(30)18-11-24(31-3)26(33-5)25(12-18)32-4/h6-12,19H,13-15H2,1-5H3. The largest absolute Gasteiger partial charge is 0.493 e. The van der Waals surface area contributed by atoms with E-state index in [1.807, 2.05) is 42.7 Å². The second kappa shape index (κ2) is 10.6. The highest BCUT2D eigenvalue weighted by Crippen LogP contribution is 2.38. The van der Waals surface area contributed by atoms with Gasteiger partial charge in [-0.3, -0.25) is 4.79 Å². The average molecular weight is 496 g/mol. The van der Waals surface area contributed by atoms with Crippen LogP contribution >= 0.6 is 0 Å². The summed E-state index contributed by atoms with van der Waals surface area (Å²) in [5.41, 5.74) is 2.33. The van der Waals surface area contributed by atoms with Crippen LogP contribution in [0.25, 0.3) is 0 Å². The zero-order chi connectivity index (χ0) is 25.8. The summed E-state index contributed by atoms with van der Waals surface area (Å²) in [6.45, 7) is 4.30. The minimum atomic E-state index is -0.678. The maximum atomic E-state index is 13.0. The van der Waals surface area contributed by atoms with E-state index in [1.165, 1.54) is 33.5 Å². The summed E-state index contributed by atoms with van der Waals surface area (Å²) in [5.74, 6) is 1.43. The first-order valence-corrected chi connectivity index (χ1v) is 11.4. The van der Waals surface area contributed by atoms with Crippen LogP contribution in [0, 0.1) is 13.8 Å². The van der Waals surface area contributed by atoms with Gasteiger partial charge in [0.05, 0.1) is 33.4 Å². The molecule has 1 atom stereocenters. The van der Waals surface area contributed by atoms with Crippen molar-refractivity contribution in [1.29, 1.82) is 0 Å². The minimum Gasteiger partial charge on any atom is -0.493 e. The van der Waals surface area contributed by atoms with E-state index < -0.39 is 12.6 Å². The van der Waals surface area contributed by atoms with Gasteiger partial charge >= 0.3 is 5.97 Å². The van der Waals surface area contributed by atoms with Crippen molar-refractivity contribution in [3.63, 3.8) is 0 Å². The number of ether oxygens (including phenoxy) is 6.